The predicted molar refractivity (Wildman–Crippen MR) is 72.5 cm³/mol. The maximum atomic E-state index is 11.4. The quantitative estimate of drug-likeness (QED) is 0.848. The topological polar surface area (TPSA) is 32.3 Å². The average Bonchev–Trinajstić information content (AvgIpc) is 2.29. The minimum Gasteiger partial charge on any atom is -0.365 e. The first-order valence-corrected chi connectivity index (χ1v) is 6.12. The molecule has 1 rings (SSSR count). The molecule has 0 saturated heterocycles. The van der Waals surface area contributed by atoms with Gasteiger partial charge in [0.25, 0.3) is 0 Å². The number of likely N-dealkylation sites (N-methyl/N-ethyl adjacent to an activating group) is 2. The first-order valence-electron chi connectivity index (χ1n) is 6.12. The summed E-state index contributed by atoms with van der Waals surface area (Å²) in [6.45, 7) is 7.35. The van der Waals surface area contributed by atoms with Crippen LogP contribution in [0, 0.1) is 0 Å². The molecule has 1 amide bonds. The number of benzene rings is 1. The minimum atomic E-state index is 0.0583. The molecule has 1 aromatic carbocycles. The predicted octanol–water partition coefficient (Wildman–Crippen LogP) is 2.38. The van der Waals surface area contributed by atoms with Crippen LogP contribution < -0.4 is 10.2 Å². The number of rotatable bonds is 5. The third-order valence-corrected chi connectivity index (χ3v) is 2.76. The molecular formula is C14H22N2O. The van der Waals surface area contributed by atoms with Gasteiger partial charge in [-0.1, -0.05) is 26.0 Å². The van der Waals surface area contributed by atoms with Gasteiger partial charge in [-0.3, -0.25) is 4.79 Å². The van der Waals surface area contributed by atoms with Crippen LogP contribution in [0.2, 0.25) is 0 Å². The smallest absolute Gasteiger partial charge is 0.239 e. The highest BCUT2D eigenvalue weighted by molar-refractivity contribution is 5.81. The van der Waals surface area contributed by atoms with Gasteiger partial charge >= 0.3 is 0 Å². The molecule has 3 heteroatoms. The number of carbonyl (C=O) groups is 1. The molecule has 0 saturated carbocycles. The van der Waals surface area contributed by atoms with Crippen molar-refractivity contribution in [3.05, 3.63) is 29.8 Å². The Balaban J connectivity index is 2.63. The molecule has 0 radical (unpaired) electrons. The summed E-state index contributed by atoms with van der Waals surface area (Å²) in [6.07, 6.45) is 0. The van der Waals surface area contributed by atoms with E-state index in [-0.39, 0.29) is 5.91 Å². The van der Waals surface area contributed by atoms with Gasteiger partial charge in [-0.25, -0.2) is 0 Å². The van der Waals surface area contributed by atoms with Gasteiger partial charge in [0.2, 0.25) is 5.91 Å². The molecule has 0 heterocycles. The second kappa shape index (κ2) is 6.28. The summed E-state index contributed by atoms with van der Waals surface area (Å²) >= 11 is 0. The van der Waals surface area contributed by atoms with E-state index in [0.717, 1.165) is 5.69 Å². The zero-order chi connectivity index (χ0) is 12.8. The third kappa shape index (κ3) is 4.10. The molecule has 0 bridgehead atoms. The number of carbonyl (C=O) groups excluding carboxylic acids is 1. The number of hydrogen-bond donors (Lipinski definition) is 1. The monoisotopic (exact) mass is 234 g/mol. The van der Waals surface area contributed by atoms with Crippen LogP contribution in [0.25, 0.3) is 0 Å². The fourth-order valence-corrected chi connectivity index (χ4v) is 1.67. The first-order chi connectivity index (χ1) is 8.04. The molecule has 1 N–H and O–H groups in total. The van der Waals surface area contributed by atoms with Crippen molar-refractivity contribution in [1.82, 2.24) is 5.32 Å². The van der Waals surface area contributed by atoms with Crippen LogP contribution in [0.5, 0.6) is 0 Å². The Kier molecular flexibility index (Phi) is 5.01. The number of amides is 1. The van der Waals surface area contributed by atoms with Crippen LogP contribution in [0.3, 0.4) is 0 Å². The van der Waals surface area contributed by atoms with Gasteiger partial charge in [0, 0.05) is 19.3 Å². The zero-order valence-corrected chi connectivity index (χ0v) is 11.2. The standard InChI is InChI=1S/C14H22N2O/c1-5-15-14(17)10-16(4)13-8-6-12(7-9-13)11(2)3/h6-9,11H,5,10H2,1-4H3,(H,15,17). The van der Waals surface area contributed by atoms with Gasteiger partial charge < -0.3 is 10.2 Å². The van der Waals surface area contributed by atoms with E-state index in [9.17, 15) is 4.79 Å². The molecule has 0 atom stereocenters. The van der Waals surface area contributed by atoms with Crippen molar-refractivity contribution in [3.8, 4) is 0 Å². The summed E-state index contributed by atoms with van der Waals surface area (Å²) in [5, 5.41) is 2.80. The fourth-order valence-electron chi connectivity index (χ4n) is 1.67. The molecule has 0 aromatic heterocycles. The largest absolute Gasteiger partial charge is 0.365 e. The van der Waals surface area contributed by atoms with E-state index in [1.54, 1.807) is 0 Å². The van der Waals surface area contributed by atoms with E-state index < -0.39 is 0 Å². The fraction of sp³-hybridized carbons (Fsp3) is 0.500. The van der Waals surface area contributed by atoms with Gasteiger partial charge in [-0.2, -0.15) is 0 Å². The van der Waals surface area contributed by atoms with Gasteiger partial charge in [0.05, 0.1) is 6.54 Å². The van der Waals surface area contributed by atoms with Crippen molar-refractivity contribution in [2.45, 2.75) is 26.7 Å². The second-order valence-electron chi connectivity index (χ2n) is 4.56. The first kappa shape index (κ1) is 13.6. The van der Waals surface area contributed by atoms with Crippen molar-refractivity contribution in [2.75, 3.05) is 25.0 Å². The van der Waals surface area contributed by atoms with Crippen LogP contribution in [-0.4, -0.2) is 26.0 Å². The maximum absolute atomic E-state index is 11.4. The molecule has 0 unspecified atom stereocenters. The van der Waals surface area contributed by atoms with E-state index in [1.807, 2.05) is 18.9 Å². The molecule has 0 spiro atoms. The molecule has 0 aliphatic carbocycles. The maximum Gasteiger partial charge on any atom is 0.239 e. The van der Waals surface area contributed by atoms with Gasteiger partial charge in [-0.15, -0.1) is 0 Å². The van der Waals surface area contributed by atoms with Crippen LogP contribution in [0.1, 0.15) is 32.3 Å². The van der Waals surface area contributed by atoms with Crippen molar-refractivity contribution >= 4 is 11.6 Å². The van der Waals surface area contributed by atoms with Crippen molar-refractivity contribution in [2.24, 2.45) is 0 Å². The molecule has 0 aliphatic heterocycles. The Hall–Kier alpha value is -1.51. The Bertz CT molecular complexity index is 357. The Morgan fingerprint density at radius 2 is 1.88 bits per heavy atom. The Morgan fingerprint density at radius 3 is 2.35 bits per heavy atom. The lowest BCUT2D eigenvalue weighted by atomic mass is 10.0. The van der Waals surface area contributed by atoms with Gasteiger partial charge in [-0.05, 0) is 30.5 Å². The van der Waals surface area contributed by atoms with E-state index in [4.69, 9.17) is 0 Å². The average molecular weight is 234 g/mol. The Morgan fingerprint density at radius 1 is 1.29 bits per heavy atom. The van der Waals surface area contributed by atoms with Gasteiger partial charge in [0.1, 0.15) is 0 Å². The Labute approximate surface area is 104 Å². The summed E-state index contributed by atoms with van der Waals surface area (Å²) < 4.78 is 0. The number of hydrogen-bond acceptors (Lipinski definition) is 2. The molecule has 94 valence electrons. The highest BCUT2D eigenvalue weighted by atomic mass is 16.1. The summed E-state index contributed by atoms with van der Waals surface area (Å²) in [6, 6.07) is 8.37. The second-order valence-corrected chi connectivity index (χ2v) is 4.56. The van der Waals surface area contributed by atoms with Crippen LogP contribution in [0.4, 0.5) is 5.69 Å². The molecular weight excluding hydrogens is 212 g/mol. The van der Waals surface area contributed by atoms with E-state index in [0.29, 0.717) is 19.0 Å². The lowest BCUT2D eigenvalue weighted by Crippen LogP contribution is -2.34. The molecule has 0 fully saturated rings. The third-order valence-electron chi connectivity index (χ3n) is 2.76. The normalized spacial score (nSPS) is 10.4. The van der Waals surface area contributed by atoms with E-state index >= 15 is 0 Å². The SMILES string of the molecule is CCNC(=O)CN(C)c1ccc(C(C)C)cc1. The summed E-state index contributed by atoms with van der Waals surface area (Å²) in [4.78, 5) is 13.4. The molecule has 3 nitrogen and oxygen atoms in total. The minimum absolute atomic E-state index is 0.0583. The lowest BCUT2D eigenvalue weighted by molar-refractivity contribution is -0.119. The summed E-state index contributed by atoms with van der Waals surface area (Å²) in [5.41, 5.74) is 2.39. The van der Waals surface area contributed by atoms with E-state index in [2.05, 4.69) is 43.4 Å². The molecule has 0 aliphatic rings. The van der Waals surface area contributed by atoms with Gasteiger partial charge in [0.15, 0.2) is 0 Å². The number of anilines is 1. The summed E-state index contributed by atoms with van der Waals surface area (Å²) in [7, 11) is 1.93. The van der Waals surface area contributed by atoms with Crippen LogP contribution in [0.15, 0.2) is 24.3 Å². The van der Waals surface area contributed by atoms with Crippen LogP contribution >= 0.6 is 0 Å². The number of nitrogens with zero attached hydrogens (tertiary/aromatic N) is 1. The lowest BCUT2D eigenvalue weighted by Gasteiger charge is -2.19. The molecule has 1 aromatic rings. The van der Waals surface area contributed by atoms with Crippen LogP contribution in [-0.2, 0) is 4.79 Å². The zero-order valence-electron chi connectivity index (χ0n) is 11.2. The summed E-state index contributed by atoms with van der Waals surface area (Å²) in [5.74, 6) is 0.598. The van der Waals surface area contributed by atoms with Crippen molar-refractivity contribution < 1.29 is 4.79 Å². The van der Waals surface area contributed by atoms with Crippen molar-refractivity contribution in [3.63, 3.8) is 0 Å². The number of nitrogens with one attached hydrogen (secondary N) is 1. The molecule has 17 heavy (non-hydrogen) atoms. The highest BCUT2D eigenvalue weighted by Crippen LogP contribution is 2.18. The van der Waals surface area contributed by atoms with E-state index in [1.165, 1.54) is 5.56 Å². The van der Waals surface area contributed by atoms with Crippen molar-refractivity contribution in [1.29, 1.82) is 0 Å². The highest BCUT2D eigenvalue weighted by Gasteiger charge is 2.06.